The molecule has 1 aromatic rings. The van der Waals surface area contributed by atoms with Crippen molar-refractivity contribution >= 4 is 23.4 Å². The van der Waals surface area contributed by atoms with E-state index in [-0.39, 0.29) is 0 Å². The van der Waals surface area contributed by atoms with E-state index in [1.807, 2.05) is 12.1 Å². The van der Waals surface area contributed by atoms with Gasteiger partial charge >= 0.3 is 0 Å². The fourth-order valence-corrected chi connectivity index (χ4v) is 4.45. The summed E-state index contributed by atoms with van der Waals surface area (Å²) in [4.78, 5) is 0. The fraction of sp³-hybridized carbons (Fsp3) is 0.600. The molecule has 1 fully saturated rings. The molecule has 2 nitrogen and oxygen atoms in total. The van der Waals surface area contributed by atoms with Crippen LogP contribution in [0.15, 0.2) is 12.1 Å². The summed E-state index contributed by atoms with van der Waals surface area (Å²) in [7, 11) is 0. The largest absolute Gasteiger partial charge is 0.493 e. The van der Waals surface area contributed by atoms with Crippen molar-refractivity contribution in [1.29, 1.82) is 0 Å². The maximum absolute atomic E-state index is 6.17. The molecule has 4 heteroatoms. The van der Waals surface area contributed by atoms with Gasteiger partial charge in [0.15, 0.2) is 0 Å². The molecular formula is C15H20ClNOS. The zero-order valence-electron chi connectivity index (χ0n) is 11.3. The third kappa shape index (κ3) is 3.04. The molecule has 1 atom stereocenters. The highest BCUT2D eigenvalue weighted by atomic mass is 35.5. The molecule has 0 radical (unpaired) electrons. The molecule has 104 valence electrons. The van der Waals surface area contributed by atoms with Crippen LogP contribution in [0.4, 0.5) is 0 Å². The molecule has 0 amide bonds. The molecule has 2 aliphatic rings. The monoisotopic (exact) mass is 297 g/mol. The van der Waals surface area contributed by atoms with Crippen LogP contribution in [0.25, 0.3) is 0 Å². The van der Waals surface area contributed by atoms with Gasteiger partial charge in [0, 0.05) is 34.8 Å². The molecule has 0 saturated carbocycles. The van der Waals surface area contributed by atoms with Gasteiger partial charge in [-0.1, -0.05) is 11.6 Å². The highest BCUT2D eigenvalue weighted by Gasteiger charge is 2.29. The summed E-state index contributed by atoms with van der Waals surface area (Å²) in [6, 6.07) is 4.06. The number of hydrogen-bond donors (Lipinski definition) is 1. The second-order valence-corrected chi connectivity index (χ2v) is 7.78. The molecule has 1 saturated heterocycles. The van der Waals surface area contributed by atoms with Gasteiger partial charge in [0.1, 0.15) is 5.75 Å². The number of rotatable bonds is 4. The number of thioether (sulfide) groups is 1. The number of fused-ring (bicyclic) bond motifs is 1. The van der Waals surface area contributed by atoms with E-state index in [9.17, 15) is 0 Å². The maximum Gasteiger partial charge on any atom is 0.127 e. The van der Waals surface area contributed by atoms with E-state index in [1.54, 1.807) is 0 Å². The smallest absolute Gasteiger partial charge is 0.127 e. The van der Waals surface area contributed by atoms with Crippen molar-refractivity contribution < 1.29 is 4.74 Å². The summed E-state index contributed by atoms with van der Waals surface area (Å²) in [6.07, 6.45) is 3.64. The minimum Gasteiger partial charge on any atom is -0.493 e. The van der Waals surface area contributed by atoms with Crippen molar-refractivity contribution in [1.82, 2.24) is 5.32 Å². The highest BCUT2D eigenvalue weighted by molar-refractivity contribution is 8.00. The Labute approximate surface area is 124 Å². The number of nitrogens with one attached hydrogen (secondary N) is 1. The van der Waals surface area contributed by atoms with Gasteiger partial charge in [-0.05, 0) is 43.2 Å². The van der Waals surface area contributed by atoms with Crippen molar-refractivity contribution in [2.45, 2.75) is 37.5 Å². The van der Waals surface area contributed by atoms with E-state index in [0.29, 0.717) is 4.75 Å². The minimum atomic E-state index is 0.405. The molecule has 1 N–H and O–H groups in total. The van der Waals surface area contributed by atoms with Gasteiger partial charge in [0.2, 0.25) is 0 Å². The van der Waals surface area contributed by atoms with E-state index in [1.165, 1.54) is 29.7 Å². The predicted octanol–water partition coefficient (Wildman–Crippen LogP) is 3.65. The molecule has 2 aliphatic heterocycles. The Morgan fingerprint density at radius 2 is 2.37 bits per heavy atom. The van der Waals surface area contributed by atoms with Crippen LogP contribution in [0.5, 0.6) is 5.75 Å². The lowest BCUT2D eigenvalue weighted by Gasteiger charge is -2.23. The summed E-state index contributed by atoms with van der Waals surface area (Å²) in [6.45, 7) is 5.05. The van der Waals surface area contributed by atoms with Gasteiger partial charge in [-0.3, -0.25) is 0 Å². The summed E-state index contributed by atoms with van der Waals surface area (Å²) in [5.41, 5.74) is 2.46. The normalized spacial score (nSPS) is 25.4. The average molecular weight is 298 g/mol. The summed E-state index contributed by atoms with van der Waals surface area (Å²) < 4.78 is 6.13. The molecule has 0 spiro atoms. The van der Waals surface area contributed by atoms with E-state index < -0.39 is 0 Å². The molecule has 3 rings (SSSR count). The van der Waals surface area contributed by atoms with Gasteiger partial charge < -0.3 is 10.1 Å². The first-order chi connectivity index (χ1) is 9.16. The maximum atomic E-state index is 6.17. The van der Waals surface area contributed by atoms with E-state index >= 15 is 0 Å². The van der Waals surface area contributed by atoms with Gasteiger partial charge in [-0.25, -0.2) is 0 Å². The number of ether oxygens (including phenoxy) is 1. The third-order valence-corrected chi connectivity index (χ3v) is 5.70. The first-order valence-corrected chi connectivity index (χ1v) is 8.31. The van der Waals surface area contributed by atoms with E-state index in [0.717, 1.165) is 36.9 Å². The van der Waals surface area contributed by atoms with Gasteiger partial charge in [0.25, 0.3) is 0 Å². The Morgan fingerprint density at radius 1 is 1.47 bits per heavy atom. The lowest BCUT2D eigenvalue weighted by Crippen LogP contribution is -2.32. The Bertz CT molecular complexity index is 471. The molecule has 0 aliphatic carbocycles. The van der Waals surface area contributed by atoms with Crippen LogP contribution < -0.4 is 10.1 Å². The lowest BCUT2D eigenvalue weighted by atomic mass is 10.0. The minimum absolute atomic E-state index is 0.405. The highest BCUT2D eigenvalue weighted by Crippen LogP contribution is 2.37. The van der Waals surface area contributed by atoms with Crippen molar-refractivity contribution in [2.75, 3.05) is 18.9 Å². The molecule has 0 aromatic heterocycles. The van der Waals surface area contributed by atoms with Crippen molar-refractivity contribution in [3.63, 3.8) is 0 Å². The predicted molar refractivity (Wildman–Crippen MR) is 82.5 cm³/mol. The lowest BCUT2D eigenvalue weighted by molar-refractivity contribution is 0.352. The Kier molecular flexibility index (Phi) is 3.97. The Hall–Kier alpha value is -0.380. The number of benzene rings is 1. The van der Waals surface area contributed by atoms with Crippen LogP contribution in [-0.2, 0) is 13.0 Å². The molecule has 1 unspecified atom stereocenters. The van der Waals surface area contributed by atoms with Crippen LogP contribution in [0.2, 0.25) is 5.02 Å². The molecule has 19 heavy (non-hydrogen) atoms. The van der Waals surface area contributed by atoms with Crippen LogP contribution in [-0.4, -0.2) is 23.7 Å². The van der Waals surface area contributed by atoms with Crippen molar-refractivity contribution in [2.24, 2.45) is 0 Å². The topological polar surface area (TPSA) is 21.3 Å². The summed E-state index contributed by atoms with van der Waals surface area (Å²) in [5, 5.41) is 4.40. The molecule has 2 heterocycles. The van der Waals surface area contributed by atoms with Crippen LogP contribution in [0.3, 0.4) is 0 Å². The van der Waals surface area contributed by atoms with Crippen LogP contribution >= 0.6 is 23.4 Å². The fourth-order valence-electron chi connectivity index (χ4n) is 2.92. The van der Waals surface area contributed by atoms with Crippen molar-refractivity contribution in [3.05, 3.63) is 28.3 Å². The third-order valence-electron chi connectivity index (χ3n) is 3.94. The van der Waals surface area contributed by atoms with E-state index in [2.05, 4.69) is 24.0 Å². The SMILES string of the molecule is CC1(CNCc2cc(Cl)cc3c2OCC3)CCCS1. The Balaban J connectivity index is 1.64. The molecule has 0 bridgehead atoms. The van der Waals surface area contributed by atoms with Gasteiger partial charge in [-0.2, -0.15) is 11.8 Å². The van der Waals surface area contributed by atoms with Crippen LogP contribution in [0, 0.1) is 0 Å². The second-order valence-electron chi connectivity index (χ2n) is 5.66. The van der Waals surface area contributed by atoms with Crippen molar-refractivity contribution in [3.8, 4) is 5.75 Å². The van der Waals surface area contributed by atoms with E-state index in [4.69, 9.17) is 16.3 Å². The zero-order valence-corrected chi connectivity index (χ0v) is 12.9. The standard InChI is InChI=1S/C15H20ClNOS/c1-15(4-2-6-19-15)10-17-9-12-8-13(16)7-11-3-5-18-14(11)12/h7-8,17H,2-6,9-10H2,1H3. The van der Waals surface area contributed by atoms with Gasteiger partial charge in [0.05, 0.1) is 6.61 Å². The quantitative estimate of drug-likeness (QED) is 0.916. The zero-order chi connectivity index (χ0) is 13.3. The van der Waals surface area contributed by atoms with Crippen LogP contribution in [0.1, 0.15) is 30.9 Å². The number of halogens is 1. The molecular weight excluding hydrogens is 278 g/mol. The first kappa shape index (κ1) is 13.6. The number of hydrogen-bond acceptors (Lipinski definition) is 3. The summed E-state index contributed by atoms with van der Waals surface area (Å²) in [5.74, 6) is 2.36. The Morgan fingerprint density at radius 3 is 3.16 bits per heavy atom. The average Bonchev–Trinajstić information content (AvgIpc) is 2.98. The second kappa shape index (κ2) is 5.55. The molecule has 1 aromatic carbocycles. The summed E-state index contributed by atoms with van der Waals surface area (Å²) >= 11 is 8.26. The van der Waals surface area contributed by atoms with Gasteiger partial charge in [-0.15, -0.1) is 0 Å². The first-order valence-electron chi connectivity index (χ1n) is 6.95.